The van der Waals surface area contributed by atoms with E-state index in [2.05, 4.69) is 29.0 Å². The fraction of sp³-hybridized carbons (Fsp3) is 0.462. The third-order valence-electron chi connectivity index (χ3n) is 2.94. The SMILES string of the molecule is C[CH]Oc1cccc(N2CCN(C)CC2)c1. The van der Waals surface area contributed by atoms with Crippen LogP contribution in [0.1, 0.15) is 6.92 Å². The molecule has 1 saturated heterocycles. The van der Waals surface area contributed by atoms with E-state index in [9.17, 15) is 0 Å². The first kappa shape index (κ1) is 11.3. The molecule has 87 valence electrons. The maximum absolute atomic E-state index is 5.40. The zero-order valence-corrected chi connectivity index (χ0v) is 10.0. The van der Waals surface area contributed by atoms with Crippen LogP contribution < -0.4 is 9.64 Å². The molecule has 1 heterocycles. The Kier molecular flexibility index (Phi) is 3.67. The lowest BCUT2D eigenvalue weighted by Crippen LogP contribution is -2.44. The third-order valence-corrected chi connectivity index (χ3v) is 2.94. The van der Waals surface area contributed by atoms with Crippen molar-refractivity contribution in [2.45, 2.75) is 6.92 Å². The average Bonchev–Trinajstić information content (AvgIpc) is 2.31. The number of likely N-dealkylation sites (N-methyl/N-ethyl adjacent to an activating group) is 1. The van der Waals surface area contributed by atoms with Crippen molar-refractivity contribution in [3.8, 4) is 5.75 Å². The zero-order chi connectivity index (χ0) is 11.4. The summed E-state index contributed by atoms with van der Waals surface area (Å²) in [5.74, 6) is 0.916. The molecule has 1 aliphatic rings. The molecule has 0 amide bonds. The van der Waals surface area contributed by atoms with Crippen LogP contribution in [0, 0.1) is 6.61 Å². The summed E-state index contributed by atoms with van der Waals surface area (Å²) in [5, 5.41) is 0. The lowest BCUT2D eigenvalue weighted by atomic mass is 10.2. The van der Waals surface area contributed by atoms with Gasteiger partial charge in [-0.05, 0) is 26.1 Å². The van der Waals surface area contributed by atoms with Gasteiger partial charge in [0.15, 0.2) is 0 Å². The normalized spacial score (nSPS) is 17.5. The quantitative estimate of drug-likeness (QED) is 0.773. The molecule has 0 unspecified atom stereocenters. The topological polar surface area (TPSA) is 15.7 Å². The molecule has 1 aromatic carbocycles. The van der Waals surface area contributed by atoms with Gasteiger partial charge in [-0.25, -0.2) is 0 Å². The number of piperazine rings is 1. The van der Waals surface area contributed by atoms with Crippen molar-refractivity contribution in [2.24, 2.45) is 0 Å². The van der Waals surface area contributed by atoms with E-state index in [-0.39, 0.29) is 0 Å². The van der Waals surface area contributed by atoms with Crippen molar-refractivity contribution in [1.29, 1.82) is 0 Å². The zero-order valence-electron chi connectivity index (χ0n) is 10.0. The van der Waals surface area contributed by atoms with E-state index in [1.807, 2.05) is 19.1 Å². The van der Waals surface area contributed by atoms with Gasteiger partial charge in [0.25, 0.3) is 0 Å². The van der Waals surface area contributed by atoms with Crippen molar-refractivity contribution in [2.75, 3.05) is 38.1 Å². The summed E-state index contributed by atoms with van der Waals surface area (Å²) in [4.78, 5) is 4.76. The van der Waals surface area contributed by atoms with Gasteiger partial charge in [0.1, 0.15) is 12.4 Å². The second kappa shape index (κ2) is 5.21. The number of ether oxygens (including phenoxy) is 1. The van der Waals surface area contributed by atoms with Crippen LogP contribution in [0.5, 0.6) is 5.75 Å². The Labute approximate surface area is 97.6 Å². The van der Waals surface area contributed by atoms with Crippen LogP contribution in [0.4, 0.5) is 5.69 Å². The van der Waals surface area contributed by atoms with E-state index in [1.54, 1.807) is 6.61 Å². The molecule has 0 saturated carbocycles. The molecule has 1 aromatic rings. The Morgan fingerprint density at radius 1 is 1.19 bits per heavy atom. The summed E-state index contributed by atoms with van der Waals surface area (Å²) in [6.07, 6.45) is 0. The van der Waals surface area contributed by atoms with Gasteiger partial charge in [-0.1, -0.05) is 6.07 Å². The van der Waals surface area contributed by atoms with Crippen LogP contribution in [0.2, 0.25) is 0 Å². The highest BCUT2D eigenvalue weighted by Gasteiger charge is 2.14. The van der Waals surface area contributed by atoms with Crippen molar-refractivity contribution in [3.63, 3.8) is 0 Å². The highest BCUT2D eigenvalue weighted by molar-refractivity contribution is 5.51. The molecular formula is C13H19N2O. The molecular weight excluding hydrogens is 200 g/mol. The summed E-state index contributed by atoms with van der Waals surface area (Å²) in [6, 6.07) is 8.28. The maximum Gasteiger partial charge on any atom is 0.132 e. The standard InChI is InChI=1S/C13H19N2O/c1-3-16-13-6-4-5-12(11-13)15-9-7-14(2)8-10-15/h3-6,11H,7-10H2,1-2H3. The highest BCUT2D eigenvalue weighted by atomic mass is 16.5. The molecule has 1 aliphatic heterocycles. The van der Waals surface area contributed by atoms with E-state index in [0.717, 1.165) is 31.9 Å². The molecule has 16 heavy (non-hydrogen) atoms. The van der Waals surface area contributed by atoms with E-state index >= 15 is 0 Å². The van der Waals surface area contributed by atoms with Crippen LogP contribution in [-0.4, -0.2) is 38.1 Å². The first-order chi connectivity index (χ1) is 7.79. The van der Waals surface area contributed by atoms with Crippen LogP contribution in [0.25, 0.3) is 0 Å². The van der Waals surface area contributed by atoms with Crippen LogP contribution >= 0.6 is 0 Å². The first-order valence-corrected chi connectivity index (χ1v) is 5.77. The van der Waals surface area contributed by atoms with Crippen LogP contribution in [0.3, 0.4) is 0 Å². The molecule has 0 atom stereocenters. The fourth-order valence-electron chi connectivity index (χ4n) is 1.95. The van der Waals surface area contributed by atoms with Gasteiger partial charge in [-0.2, -0.15) is 0 Å². The van der Waals surface area contributed by atoms with E-state index in [4.69, 9.17) is 4.74 Å². The summed E-state index contributed by atoms with van der Waals surface area (Å²) in [5.41, 5.74) is 1.26. The molecule has 3 heteroatoms. The predicted octanol–water partition coefficient (Wildman–Crippen LogP) is 2.00. The summed E-state index contributed by atoms with van der Waals surface area (Å²) in [6.45, 7) is 8.05. The molecule has 1 fully saturated rings. The minimum atomic E-state index is 0.916. The van der Waals surface area contributed by atoms with Gasteiger partial charge in [-0.3, -0.25) is 0 Å². The Hall–Kier alpha value is -1.22. The van der Waals surface area contributed by atoms with Gasteiger partial charge in [0.05, 0.1) is 0 Å². The molecule has 0 aromatic heterocycles. The smallest absolute Gasteiger partial charge is 0.132 e. The molecule has 3 nitrogen and oxygen atoms in total. The number of rotatable bonds is 3. The lowest BCUT2D eigenvalue weighted by Gasteiger charge is -2.34. The second-order valence-corrected chi connectivity index (χ2v) is 4.14. The van der Waals surface area contributed by atoms with Gasteiger partial charge in [0.2, 0.25) is 0 Å². The molecule has 1 radical (unpaired) electrons. The second-order valence-electron chi connectivity index (χ2n) is 4.14. The predicted molar refractivity (Wildman–Crippen MR) is 66.8 cm³/mol. The lowest BCUT2D eigenvalue weighted by molar-refractivity contribution is 0.312. The van der Waals surface area contributed by atoms with Gasteiger partial charge < -0.3 is 14.5 Å². The highest BCUT2D eigenvalue weighted by Crippen LogP contribution is 2.22. The Balaban J connectivity index is 2.05. The van der Waals surface area contributed by atoms with Crippen molar-refractivity contribution < 1.29 is 4.74 Å². The molecule has 2 rings (SSSR count). The molecule has 0 aliphatic carbocycles. The van der Waals surface area contributed by atoms with Crippen LogP contribution in [-0.2, 0) is 0 Å². The Bertz CT molecular complexity index is 332. The van der Waals surface area contributed by atoms with Crippen molar-refractivity contribution in [3.05, 3.63) is 30.9 Å². The van der Waals surface area contributed by atoms with Gasteiger partial charge >= 0.3 is 0 Å². The van der Waals surface area contributed by atoms with Crippen molar-refractivity contribution in [1.82, 2.24) is 4.90 Å². The summed E-state index contributed by atoms with van der Waals surface area (Å²) >= 11 is 0. The number of hydrogen-bond acceptors (Lipinski definition) is 3. The minimum Gasteiger partial charge on any atom is -0.487 e. The number of anilines is 1. The third kappa shape index (κ3) is 2.67. The molecule has 0 spiro atoms. The largest absolute Gasteiger partial charge is 0.487 e. The van der Waals surface area contributed by atoms with Crippen LogP contribution in [0.15, 0.2) is 24.3 Å². The van der Waals surface area contributed by atoms with E-state index in [0.29, 0.717) is 0 Å². The maximum atomic E-state index is 5.40. The van der Waals surface area contributed by atoms with Crippen molar-refractivity contribution >= 4 is 5.69 Å². The van der Waals surface area contributed by atoms with E-state index < -0.39 is 0 Å². The monoisotopic (exact) mass is 219 g/mol. The number of benzene rings is 1. The molecule has 0 N–H and O–H groups in total. The first-order valence-electron chi connectivity index (χ1n) is 5.77. The Morgan fingerprint density at radius 2 is 1.94 bits per heavy atom. The molecule has 0 bridgehead atoms. The van der Waals surface area contributed by atoms with E-state index in [1.165, 1.54) is 5.69 Å². The average molecular weight is 219 g/mol. The number of nitrogens with zero attached hydrogens (tertiary/aromatic N) is 2. The minimum absolute atomic E-state index is 0.916. The van der Waals surface area contributed by atoms with Gasteiger partial charge in [-0.15, -0.1) is 0 Å². The van der Waals surface area contributed by atoms with Gasteiger partial charge in [0, 0.05) is 37.9 Å². The summed E-state index contributed by atoms with van der Waals surface area (Å²) in [7, 11) is 2.17. The summed E-state index contributed by atoms with van der Waals surface area (Å²) < 4.78 is 5.40. The Morgan fingerprint density at radius 3 is 2.62 bits per heavy atom. The number of hydrogen-bond donors (Lipinski definition) is 0. The fourth-order valence-corrected chi connectivity index (χ4v) is 1.95.